The lowest BCUT2D eigenvalue weighted by molar-refractivity contribution is -0.117. The van der Waals surface area contributed by atoms with Crippen molar-refractivity contribution < 1.29 is 14.0 Å². The molecule has 124 valence electrons. The number of hydrogen-bond donors (Lipinski definition) is 2. The predicted octanol–water partition coefficient (Wildman–Crippen LogP) is 3.91. The van der Waals surface area contributed by atoms with Gasteiger partial charge in [0.15, 0.2) is 0 Å². The molecule has 0 unspecified atom stereocenters. The van der Waals surface area contributed by atoms with E-state index in [1.54, 1.807) is 0 Å². The van der Waals surface area contributed by atoms with E-state index in [-0.39, 0.29) is 29.3 Å². The molecule has 4 nitrogen and oxygen atoms in total. The van der Waals surface area contributed by atoms with Gasteiger partial charge in [-0.3, -0.25) is 9.59 Å². The summed E-state index contributed by atoms with van der Waals surface area (Å²) in [7, 11) is 0. The third kappa shape index (κ3) is 4.83. The van der Waals surface area contributed by atoms with Gasteiger partial charge >= 0.3 is 0 Å². The first-order valence-electron chi connectivity index (χ1n) is 7.69. The van der Waals surface area contributed by atoms with Gasteiger partial charge in [0, 0.05) is 22.2 Å². The third-order valence-corrected chi connectivity index (χ3v) is 4.54. The topological polar surface area (TPSA) is 58.2 Å². The fraction of sp³-hybridized carbons (Fsp3) is 0.222. The number of benzene rings is 2. The zero-order valence-corrected chi connectivity index (χ0v) is 13.7. The molecule has 0 saturated heterocycles. The summed E-state index contributed by atoms with van der Waals surface area (Å²) in [6.45, 7) is 0. The molecule has 6 heteroatoms. The fourth-order valence-electron chi connectivity index (χ4n) is 2.13. The Bertz CT molecular complexity index is 745. The Kier molecular flexibility index (Phi) is 5.15. The Hall–Kier alpha value is -2.34. The molecule has 1 fully saturated rings. The Morgan fingerprint density at radius 3 is 2.50 bits per heavy atom. The lowest BCUT2D eigenvalue weighted by atomic mass is 10.3. The Balaban J connectivity index is 1.51. The smallest absolute Gasteiger partial charge is 0.234 e. The van der Waals surface area contributed by atoms with Crippen molar-refractivity contribution in [2.24, 2.45) is 5.92 Å². The fourth-order valence-corrected chi connectivity index (χ4v) is 2.89. The summed E-state index contributed by atoms with van der Waals surface area (Å²) in [6, 6.07) is 13.1. The van der Waals surface area contributed by atoms with Crippen LogP contribution in [0.5, 0.6) is 0 Å². The van der Waals surface area contributed by atoms with E-state index in [9.17, 15) is 14.0 Å². The summed E-state index contributed by atoms with van der Waals surface area (Å²) < 4.78 is 12.8. The average Bonchev–Trinajstić information content (AvgIpc) is 3.41. The van der Waals surface area contributed by atoms with E-state index in [4.69, 9.17) is 0 Å². The van der Waals surface area contributed by atoms with E-state index in [2.05, 4.69) is 10.6 Å². The van der Waals surface area contributed by atoms with E-state index in [0.29, 0.717) is 5.69 Å². The van der Waals surface area contributed by atoms with Gasteiger partial charge in [-0.05, 0) is 55.3 Å². The van der Waals surface area contributed by atoms with Crippen LogP contribution in [0.3, 0.4) is 0 Å². The number of anilines is 2. The number of hydrogen-bond acceptors (Lipinski definition) is 3. The number of thioether (sulfide) groups is 1. The zero-order valence-electron chi connectivity index (χ0n) is 12.9. The van der Waals surface area contributed by atoms with E-state index >= 15 is 0 Å². The maximum absolute atomic E-state index is 12.8. The number of rotatable bonds is 6. The van der Waals surface area contributed by atoms with Crippen LogP contribution >= 0.6 is 11.8 Å². The zero-order chi connectivity index (χ0) is 16.9. The Labute approximate surface area is 143 Å². The van der Waals surface area contributed by atoms with Crippen molar-refractivity contribution in [3.05, 3.63) is 54.3 Å². The molecule has 1 saturated carbocycles. The minimum atomic E-state index is -0.340. The largest absolute Gasteiger partial charge is 0.326 e. The van der Waals surface area contributed by atoms with Gasteiger partial charge in [-0.15, -0.1) is 11.8 Å². The van der Waals surface area contributed by atoms with Gasteiger partial charge in [0.1, 0.15) is 5.82 Å². The summed E-state index contributed by atoms with van der Waals surface area (Å²) >= 11 is 1.38. The highest BCUT2D eigenvalue weighted by molar-refractivity contribution is 8.00. The maximum Gasteiger partial charge on any atom is 0.234 e. The van der Waals surface area contributed by atoms with Crippen molar-refractivity contribution in [2.45, 2.75) is 17.7 Å². The molecule has 3 rings (SSSR count). The summed E-state index contributed by atoms with van der Waals surface area (Å²) in [6.07, 6.45) is 1.92. The molecule has 0 aromatic heterocycles. The maximum atomic E-state index is 12.8. The van der Waals surface area contributed by atoms with Gasteiger partial charge in [-0.1, -0.05) is 6.07 Å². The normalized spacial score (nSPS) is 13.4. The van der Waals surface area contributed by atoms with Crippen LogP contribution in [0, 0.1) is 11.7 Å². The molecule has 1 aliphatic carbocycles. The number of nitrogens with one attached hydrogen (secondary N) is 2. The van der Waals surface area contributed by atoms with Crippen LogP contribution in [0.4, 0.5) is 15.8 Å². The second kappa shape index (κ2) is 7.49. The summed E-state index contributed by atoms with van der Waals surface area (Å²) in [5, 5.41) is 5.60. The monoisotopic (exact) mass is 344 g/mol. The molecule has 0 heterocycles. The highest BCUT2D eigenvalue weighted by Gasteiger charge is 2.29. The van der Waals surface area contributed by atoms with Gasteiger partial charge in [0.2, 0.25) is 11.8 Å². The van der Waals surface area contributed by atoms with Gasteiger partial charge in [0.05, 0.1) is 5.75 Å². The van der Waals surface area contributed by atoms with Crippen LogP contribution in [0.1, 0.15) is 12.8 Å². The first-order valence-corrected chi connectivity index (χ1v) is 8.68. The van der Waals surface area contributed by atoms with Crippen LogP contribution < -0.4 is 10.6 Å². The SMILES string of the molecule is O=C(CSc1cccc(NC(=O)C2CC2)c1)Nc1ccc(F)cc1. The first kappa shape index (κ1) is 16.5. The molecule has 0 spiro atoms. The van der Waals surface area contributed by atoms with Crippen molar-refractivity contribution in [3.63, 3.8) is 0 Å². The van der Waals surface area contributed by atoms with E-state index in [0.717, 1.165) is 23.4 Å². The minimum Gasteiger partial charge on any atom is -0.326 e. The van der Waals surface area contributed by atoms with Gasteiger partial charge in [0.25, 0.3) is 0 Å². The number of amides is 2. The van der Waals surface area contributed by atoms with Crippen molar-refractivity contribution in [3.8, 4) is 0 Å². The standard InChI is InChI=1S/C18H17FN2O2S/c19-13-6-8-14(9-7-13)20-17(22)11-24-16-3-1-2-15(10-16)21-18(23)12-4-5-12/h1-3,6-10,12H,4-5,11H2,(H,20,22)(H,21,23). The second-order valence-corrected chi connectivity index (χ2v) is 6.68. The molecule has 2 N–H and O–H groups in total. The first-order chi connectivity index (χ1) is 11.6. The second-order valence-electron chi connectivity index (χ2n) is 5.64. The lowest BCUT2D eigenvalue weighted by Crippen LogP contribution is -2.14. The van der Waals surface area contributed by atoms with Crippen molar-refractivity contribution >= 4 is 35.0 Å². The number of carbonyl (C=O) groups is 2. The summed E-state index contributed by atoms with van der Waals surface area (Å²) in [4.78, 5) is 24.6. The third-order valence-electron chi connectivity index (χ3n) is 3.55. The average molecular weight is 344 g/mol. The molecule has 0 bridgehead atoms. The van der Waals surface area contributed by atoms with Crippen LogP contribution in [0.15, 0.2) is 53.4 Å². The van der Waals surface area contributed by atoms with E-state index in [1.807, 2.05) is 24.3 Å². The Morgan fingerprint density at radius 2 is 1.79 bits per heavy atom. The quantitative estimate of drug-likeness (QED) is 0.781. The lowest BCUT2D eigenvalue weighted by Gasteiger charge is -2.08. The highest BCUT2D eigenvalue weighted by Crippen LogP contribution is 2.30. The molecular formula is C18H17FN2O2S. The minimum absolute atomic E-state index is 0.0613. The molecule has 0 aliphatic heterocycles. The van der Waals surface area contributed by atoms with E-state index < -0.39 is 0 Å². The van der Waals surface area contributed by atoms with Crippen molar-refractivity contribution in [1.29, 1.82) is 0 Å². The molecular weight excluding hydrogens is 327 g/mol. The summed E-state index contributed by atoms with van der Waals surface area (Å²) in [5.41, 5.74) is 1.31. The molecule has 2 aromatic carbocycles. The Morgan fingerprint density at radius 1 is 1.04 bits per heavy atom. The van der Waals surface area contributed by atoms with Crippen molar-refractivity contribution in [2.75, 3.05) is 16.4 Å². The van der Waals surface area contributed by atoms with Gasteiger partial charge in [-0.25, -0.2) is 4.39 Å². The molecule has 2 amide bonds. The van der Waals surface area contributed by atoms with Crippen molar-refractivity contribution in [1.82, 2.24) is 0 Å². The highest BCUT2D eigenvalue weighted by atomic mass is 32.2. The van der Waals surface area contributed by atoms with Crippen LogP contribution in [0.25, 0.3) is 0 Å². The summed E-state index contributed by atoms with van der Waals surface area (Å²) in [5.74, 6) is -0.0577. The van der Waals surface area contributed by atoms with Crippen LogP contribution in [-0.2, 0) is 9.59 Å². The molecule has 1 aliphatic rings. The molecule has 0 radical (unpaired) electrons. The molecule has 0 atom stereocenters. The molecule has 2 aromatic rings. The van der Waals surface area contributed by atoms with E-state index in [1.165, 1.54) is 36.0 Å². The van der Waals surface area contributed by atoms with Crippen LogP contribution in [0.2, 0.25) is 0 Å². The number of halogens is 1. The van der Waals surface area contributed by atoms with Gasteiger partial charge in [-0.2, -0.15) is 0 Å². The number of carbonyl (C=O) groups excluding carboxylic acids is 2. The molecule has 24 heavy (non-hydrogen) atoms. The van der Waals surface area contributed by atoms with Gasteiger partial charge < -0.3 is 10.6 Å². The van der Waals surface area contributed by atoms with Crippen LogP contribution in [-0.4, -0.2) is 17.6 Å². The predicted molar refractivity (Wildman–Crippen MR) is 93.5 cm³/mol.